The van der Waals surface area contributed by atoms with Crippen LogP contribution < -0.4 is 11.1 Å². The molecule has 1 aromatic rings. The van der Waals surface area contributed by atoms with E-state index in [-0.39, 0.29) is 36.0 Å². The summed E-state index contributed by atoms with van der Waals surface area (Å²) in [5, 5.41) is 2.93. The molecule has 160 valence electrons. The third-order valence-electron chi connectivity index (χ3n) is 5.41. The van der Waals surface area contributed by atoms with E-state index in [1.165, 1.54) is 12.2 Å². The Morgan fingerprint density at radius 1 is 1.23 bits per heavy atom. The topological polar surface area (TPSA) is 75.4 Å². The number of carbonyl (C=O) groups is 2. The Kier molecular flexibility index (Phi) is 7.21. The number of carbonyl (C=O) groups excluding carboxylic acids is 2. The zero-order valence-corrected chi connectivity index (χ0v) is 17.6. The maximum Gasteiger partial charge on any atom is 0.243 e. The number of nitrogens with two attached hydrogens (primary N) is 1. The second-order valence-electron chi connectivity index (χ2n) is 8.33. The second-order valence-corrected chi connectivity index (χ2v) is 8.33. The van der Waals surface area contributed by atoms with Gasteiger partial charge >= 0.3 is 0 Å². The summed E-state index contributed by atoms with van der Waals surface area (Å²) >= 11 is 0. The van der Waals surface area contributed by atoms with Gasteiger partial charge in [-0.05, 0) is 49.5 Å². The highest BCUT2D eigenvalue weighted by Gasteiger charge is 2.35. The van der Waals surface area contributed by atoms with Crippen LogP contribution in [0.15, 0.2) is 60.5 Å². The molecule has 1 aliphatic carbocycles. The molecule has 3 N–H and O–H groups in total. The number of fused-ring (bicyclic) bond motifs is 1. The zero-order valence-electron chi connectivity index (χ0n) is 17.6. The first-order chi connectivity index (χ1) is 14.3. The van der Waals surface area contributed by atoms with Crippen molar-refractivity contribution in [3.8, 4) is 0 Å². The molecule has 30 heavy (non-hydrogen) atoms. The Labute approximate surface area is 177 Å². The van der Waals surface area contributed by atoms with Crippen LogP contribution in [0.3, 0.4) is 0 Å². The average Bonchev–Trinajstić information content (AvgIpc) is 2.89. The standard InChI is InChI=1S/C24H30FN3O2/c1-16(2)27-24(30)22-13-18-8-4-5-9-19(18)15-28(22)23(29)14-21(26)12-17-7-3-6-10-20(25)11-17/h3-11,16-17,21-22H,12-15,26H2,1-2H3,(H,27,30)/t17?,21?,22-/m0/s1. The van der Waals surface area contributed by atoms with Gasteiger partial charge in [0.1, 0.15) is 11.9 Å². The first-order valence-electron chi connectivity index (χ1n) is 10.5. The van der Waals surface area contributed by atoms with E-state index in [1.54, 1.807) is 17.1 Å². The van der Waals surface area contributed by atoms with Gasteiger partial charge in [-0.1, -0.05) is 42.5 Å². The molecule has 0 aromatic heterocycles. The number of nitrogens with one attached hydrogen (secondary N) is 1. The van der Waals surface area contributed by atoms with Crippen molar-refractivity contribution in [3.63, 3.8) is 0 Å². The first kappa shape index (κ1) is 22.0. The number of hydrogen-bond donors (Lipinski definition) is 2. The molecule has 3 rings (SSSR count). The summed E-state index contributed by atoms with van der Waals surface area (Å²) in [6, 6.07) is 6.89. The third kappa shape index (κ3) is 5.66. The van der Waals surface area contributed by atoms with E-state index in [1.807, 2.05) is 44.2 Å². The summed E-state index contributed by atoms with van der Waals surface area (Å²) in [7, 11) is 0. The molecule has 1 aromatic carbocycles. The molecule has 6 heteroatoms. The Morgan fingerprint density at radius 2 is 1.97 bits per heavy atom. The molecule has 0 saturated heterocycles. The van der Waals surface area contributed by atoms with Crippen LogP contribution >= 0.6 is 0 Å². The lowest BCUT2D eigenvalue weighted by atomic mass is 9.92. The highest BCUT2D eigenvalue weighted by atomic mass is 19.1. The molecular formula is C24H30FN3O2. The Morgan fingerprint density at radius 3 is 2.70 bits per heavy atom. The minimum absolute atomic E-state index is 0.00815. The monoisotopic (exact) mass is 411 g/mol. The van der Waals surface area contributed by atoms with Gasteiger partial charge in [-0.25, -0.2) is 4.39 Å². The molecule has 2 aliphatic rings. The lowest BCUT2D eigenvalue weighted by Crippen LogP contribution is -2.54. The van der Waals surface area contributed by atoms with Crippen LogP contribution in [0.25, 0.3) is 0 Å². The molecule has 0 saturated carbocycles. The quantitative estimate of drug-likeness (QED) is 0.755. The maximum atomic E-state index is 13.7. The SMILES string of the molecule is CC(C)NC(=O)[C@@H]1Cc2ccccc2CN1C(=O)CC(N)CC1C=CC=CC(F)=C1. The van der Waals surface area contributed by atoms with E-state index in [0.29, 0.717) is 19.4 Å². The van der Waals surface area contributed by atoms with Crippen LogP contribution in [0.2, 0.25) is 0 Å². The van der Waals surface area contributed by atoms with Gasteiger partial charge in [0.05, 0.1) is 0 Å². The lowest BCUT2D eigenvalue weighted by Gasteiger charge is -2.37. The van der Waals surface area contributed by atoms with Crippen LogP contribution in [-0.4, -0.2) is 34.8 Å². The van der Waals surface area contributed by atoms with Crippen molar-refractivity contribution in [2.75, 3.05) is 0 Å². The third-order valence-corrected chi connectivity index (χ3v) is 5.41. The molecule has 1 heterocycles. The van der Waals surface area contributed by atoms with Crippen LogP contribution in [0.5, 0.6) is 0 Å². The molecule has 0 spiro atoms. The van der Waals surface area contributed by atoms with Crippen molar-refractivity contribution in [1.82, 2.24) is 10.2 Å². The molecule has 0 fully saturated rings. The highest BCUT2D eigenvalue weighted by Crippen LogP contribution is 2.25. The van der Waals surface area contributed by atoms with E-state index in [2.05, 4.69) is 5.32 Å². The smallest absolute Gasteiger partial charge is 0.243 e. The number of benzene rings is 1. The second kappa shape index (κ2) is 9.85. The number of hydrogen-bond acceptors (Lipinski definition) is 3. The van der Waals surface area contributed by atoms with Crippen LogP contribution in [0.4, 0.5) is 4.39 Å². The van der Waals surface area contributed by atoms with Crippen molar-refractivity contribution < 1.29 is 14.0 Å². The lowest BCUT2D eigenvalue weighted by molar-refractivity contribution is -0.142. The van der Waals surface area contributed by atoms with Gasteiger partial charge in [0, 0.05) is 31.5 Å². The predicted octanol–water partition coefficient (Wildman–Crippen LogP) is 3.17. The van der Waals surface area contributed by atoms with Gasteiger partial charge in [0.2, 0.25) is 11.8 Å². The van der Waals surface area contributed by atoms with Gasteiger partial charge in [-0.15, -0.1) is 0 Å². The molecule has 1 aliphatic heterocycles. The van der Waals surface area contributed by atoms with E-state index in [0.717, 1.165) is 11.1 Å². The number of halogens is 1. The van der Waals surface area contributed by atoms with E-state index in [4.69, 9.17) is 5.73 Å². The van der Waals surface area contributed by atoms with Gasteiger partial charge < -0.3 is 16.0 Å². The molecular weight excluding hydrogens is 381 g/mol. The van der Waals surface area contributed by atoms with Gasteiger partial charge in [0.15, 0.2) is 0 Å². The number of amides is 2. The fourth-order valence-corrected chi connectivity index (χ4v) is 3.99. The number of rotatable bonds is 6. The predicted molar refractivity (Wildman–Crippen MR) is 116 cm³/mol. The molecule has 2 amide bonds. The molecule has 3 atom stereocenters. The Balaban J connectivity index is 1.71. The average molecular weight is 412 g/mol. The molecule has 2 unspecified atom stereocenters. The summed E-state index contributed by atoms with van der Waals surface area (Å²) in [4.78, 5) is 27.6. The largest absolute Gasteiger partial charge is 0.352 e. The highest BCUT2D eigenvalue weighted by molar-refractivity contribution is 5.88. The fourth-order valence-electron chi connectivity index (χ4n) is 3.99. The van der Waals surface area contributed by atoms with Crippen molar-refractivity contribution in [3.05, 3.63) is 71.6 Å². The molecule has 0 bridgehead atoms. The fraction of sp³-hybridized carbons (Fsp3) is 0.417. The van der Waals surface area contributed by atoms with Crippen molar-refractivity contribution in [2.24, 2.45) is 11.7 Å². The Hall–Kier alpha value is -2.73. The van der Waals surface area contributed by atoms with Crippen molar-refractivity contribution in [1.29, 1.82) is 0 Å². The van der Waals surface area contributed by atoms with E-state index >= 15 is 0 Å². The zero-order chi connectivity index (χ0) is 21.7. The summed E-state index contributed by atoms with van der Waals surface area (Å²) in [5.41, 5.74) is 8.39. The maximum absolute atomic E-state index is 13.7. The van der Waals surface area contributed by atoms with Crippen LogP contribution in [0, 0.1) is 5.92 Å². The minimum atomic E-state index is -0.554. The Bertz CT molecular complexity index is 875. The van der Waals surface area contributed by atoms with Gasteiger partial charge in [-0.2, -0.15) is 0 Å². The summed E-state index contributed by atoms with van der Waals surface area (Å²) < 4.78 is 13.7. The normalized spacial score (nSPS) is 21.6. The van der Waals surface area contributed by atoms with Gasteiger partial charge in [0.25, 0.3) is 0 Å². The van der Waals surface area contributed by atoms with E-state index in [9.17, 15) is 14.0 Å². The van der Waals surface area contributed by atoms with Crippen molar-refractivity contribution >= 4 is 11.8 Å². The van der Waals surface area contributed by atoms with Crippen LogP contribution in [0.1, 0.15) is 37.8 Å². The molecule has 0 radical (unpaired) electrons. The summed E-state index contributed by atoms with van der Waals surface area (Å²) in [5.74, 6) is -0.767. The number of allylic oxidation sites excluding steroid dienone is 6. The van der Waals surface area contributed by atoms with Crippen LogP contribution in [-0.2, 0) is 22.6 Å². The minimum Gasteiger partial charge on any atom is -0.352 e. The summed E-state index contributed by atoms with van der Waals surface area (Å²) in [6.45, 7) is 4.19. The molecule has 5 nitrogen and oxygen atoms in total. The van der Waals surface area contributed by atoms with Crippen molar-refractivity contribution in [2.45, 2.75) is 57.8 Å². The number of nitrogens with zero attached hydrogens (tertiary/aromatic N) is 1. The van der Waals surface area contributed by atoms with Gasteiger partial charge in [-0.3, -0.25) is 9.59 Å². The summed E-state index contributed by atoms with van der Waals surface area (Å²) in [6.07, 6.45) is 9.29. The first-order valence-corrected chi connectivity index (χ1v) is 10.5. The van der Waals surface area contributed by atoms with E-state index < -0.39 is 12.1 Å².